The second kappa shape index (κ2) is 5.63. The van der Waals surface area contributed by atoms with Crippen molar-refractivity contribution >= 4 is 28.9 Å². The molecule has 0 aliphatic carbocycles. The lowest BCUT2D eigenvalue weighted by atomic mass is 10.1. The minimum Gasteiger partial charge on any atom is -0.325 e. The third-order valence-electron chi connectivity index (χ3n) is 2.44. The van der Waals surface area contributed by atoms with Crippen LogP contribution in [0.4, 0.5) is 11.4 Å². The van der Waals surface area contributed by atoms with E-state index in [4.69, 9.17) is 11.6 Å². The van der Waals surface area contributed by atoms with Gasteiger partial charge in [0.15, 0.2) is 0 Å². The summed E-state index contributed by atoms with van der Waals surface area (Å²) in [5, 5.41) is 13.3. The average molecular weight is 257 g/mol. The molecule has 1 rings (SSSR count). The van der Waals surface area contributed by atoms with Crippen LogP contribution in [0.3, 0.4) is 0 Å². The number of nitro benzene ring substituents is 1. The van der Waals surface area contributed by atoms with E-state index in [0.717, 1.165) is 0 Å². The fraction of sp³-hybridized carbons (Fsp3) is 0.364. The van der Waals surface area contributed by atoms with Crippen LogP contribution in [0.5, 0.6) is 0 Å². The molecule has 1 aromatic carbocycles. The van der Waals surface area contributed by atoms with Crippen LogP contribution < -0.4 is 5.32 Å². The Hall–Kier alpha value is -1.62. The molecule has 17 heavy (non-hydrogen) atoms. The molecule has 1 atom stereocenters. The van der Waals surface area contributed by atoms with E-state index in [-0.39, 0.29) is 23.4 Å². The first-order valence-electron chi connectivity index (χ1n) is 5.08. The van der Waals surface area contributed by atoms with E-state index in [2.05, 4.69) is 5.32 Å². The topological polar surface area (TPSA) is 72.2 Å². The Morgan fingerprint density at radius 3 is 2.76 bits per heavy atom. The van der Waals surface area contributed by atoms with Gasteiger partial charge in [0.25, 0.3) is 5.69 Å². The van der Waals surface area contributed by atoms with Crippen LogP contribution in [0.1, 0.15) is 12.5 Å². The predicted molar refractivity (Wildman–Crippen MR) is 66.3 cm³/mol. The lowest BCUT2D eigenvalue weighted by molar-refractivity contribution is -0.385. The largest absolute Gasteiger partial charge is 0.325 e. The lowest BCUT2D eigenvalue weighted by Gasteiger charge is -2.11. The second-order valence-electron chi connectivity index (χ2n) is 3.75. The first kappa shape index (κ1) is 13.4. The van der Waals surface area contributed by atoms with Crippen LogP contribution >= 0.6 is 11.6 Å². The fourth-order valence-corrected chi connectivity index (χ4v) is 1.42. The summed E-state index contributed by atoms with van der Waals surface area (Å²) in [6, 6.07) is 4.56. The Balaban J connectivity index is 2.96. The summed E-state index contributed by atoms with van der Waals surface area (Å²) in [6.07, 6.45) is 0. The molecular weight excluding hydrogens is 244 g/mol. The van der Waals surface area contributed by atoms with Crippen molar-refractivity contribution in [2.75, 3.05) is 11.2 Å². The van der Waals surface area contributed by atoms with E-state index in [1.165, 1.54) is 12.1 Å². The molecule has 0 saturated heterocycles. The van der Waals surface area contributed by atoms with E-state index in [1.54, 1.807) is 19.9 Å². The van der Waals surface area contributed by atoms with Crippen LogP contribution in [0, 0.1) is 23.0 Å². The Kier molecular flexibility index (Phi) is 4.45. The standard InChI is InChI=1S/C11H13ClN2O3/c1-7(6-12)11(15)13-9-4-3-5-10(8(9)2)14(16)17/h3-5,7H,6H2,1-2H3,(H,13,15). The molecule has 0 saturated carbocycles. The van der Waals surface area contributed by atoms with Crippen LogP contribution in [0.2, 0.25) is 0 Å². The summed E-state index contributed by atoms with van der Waals surface area (Å²) >= 11 is 5.57. The highest BCUT2D eigenvalue weighted by Gasteiger charge is 2.17. The first-order chi connectivity index (χ1) is 7.97. The number of nitrogens with one attached hydrogen (secondary N) is 1. The maximum absolute atomic E-state index is 11.6. The number of nitrogens with zero attached hydrogens (tertiary/aromatic N) is 1. The number of alkyl halides is 1. The van der Waals surface area contributed by atoms with Crippen molar-refractivity contribution < 1.29 is 9.72 Å². The zero-order chi connectivity index (χ0) is 13.0. The molecule has 5 nitrogen and oxygen atoms in total. The smallest absolute Gasteiger partial charge is 0.274 e. The molecule has 1 amide bonds. The van der Waals surface area contributed by atoms with Gasteiger partial charge < -0.3 is 5.32 Å². The number of carbonyl (C=O) groups excluding carboxylic acids is 1. The molecule has 0 spiro atoms. The van der Waals surface area contributed by atoms with Gasteiger partial charge in [0, 0.05) is 17.9 Å². The normalized spacial score (nSPS) is 11.9. The van der Waals surface area contributed by atoms with Gasteiger partial charge in [-0.1, -0.05) is 13.0 Å². The second-order valence-corrected chi connectivity index (χ2v) is 4.06. The summed E-state index contributed by atoms with van der Waals surface area (Å²) in [5.41, 5.74) is 0.870. The van der Waals surface area contributed by atoms with Crippen LogP contribution in [0.25, 0.3) is 0 Å². The van der Waals surface area contributed by atoms with Crippen molar-refractivity contribution in [2.24, 2.45) is 5.92 Å². The maximum atomic E-state index is 11.6. The maximum Gasteiger partial charge on any atom is 0.274 e. The highest BCUT2D eigenvalue weighted by atomic mass is 35.5. The van der Waals surface area contributed by atoms with E-state index >= 15 is 0 Å². The minimum absolute atomic E-state index is 0.0127. The number of hydrogen-bond acceptors (Lipinski definition) is 3. The SMILES string of the molecule is Cc1c(NC(=O)C(C)CCl)cccc1[N+](=O)[O-]. The van der Waals surface area contributed by atoms with Crippen LogP contribution in [-0.4, -0.2) is 16.7 Å². The number of rotatable bonds is 4. The van der Waals surface area contributed by atoms with E-state index in [1.807, 2.05) is 0 Å². The quantitative estimate of drug-likeness (QED) is 0.511. The first-order valence-corrected chi connectivity index (χ1v) is 5.61. The van der Waals surface area contributed by atoms with Crippen molar-refractivity contribution in [1.29, 1.82) is 0 Å². The third-order valence-corrected chi connectivity index (χ3v) is 2.90. The Bertz CT molecular complexity index is 448. The summed E-state index contributed by atoms with van der Waals surface area (Å²) in [5.74, 6) is -0.376. The highest BCUT2D eigenvalue weighted by Crippen LogP contribution is 2.25. The lowest BCUT2D eigenvalue weighted by Crippen LogP contribution is -2.22. The summed E-state index contributed by atoms with van der Waals surface area (Å²) in [4.78, 5) is 21.9. The van der Waals surface area contributed by atoms with Crippen molar-refractivity contribution in [1.82, 2.24) is 0 Å². The van der Waals surface area contributed by atoms with Gasteiger partial charge in [0.1, 0.15) is 0 Å². The number of anilines is 1. The van der Waals surface area contributed by atoms with Gasteiger partial charge in [-0.05, 0) is 13.0 Å². The molecule has 0 aliphatic heterocycles. The Morgan fingerprint density at radius 2 is 2.24 bits per heavy atom. The van der Waals surface area contributed by atoms with Crippen molar-refractivity contribution in [2.45, 2.75) is 13.8 Å². The molecule has 1 unspecified atom stereocenters. The Morgan fingerprint density at radius 1 is 1.59 bits per heavy atom. The van der Waals surface area contributed by atoms with Crippen molar-refractivity contribution in [3.8, 4) is 0 Å². The predicted octanol–water partition coefficient (Wildman–Crippen LogP) is 2.72. The van der Waals surface area contributed by atoms with Gasteiger partial charge >= 0.3 is 0 Å². The molecular formula is C11H13ClN2O3. The van der Waals surface area contributed by atoms with Gasteiger partial charge in [0.2, 0.25) is 5.91 Å². The van der Waals surface area contributed by atoms with E-state index < -0.39 is 4.92 Å². The monoisotopic (exact) mass is 256 g/mol. The number of hydrogen-bond donors (Lipinski definition) is 1. The summed E-state index contributed by atoms with van der Waals surface area (Å²) < 4.78 is 0. The summed E-state index contributed by atoms with van der Waals surface area (Å²) in [7, 11) is 0. The molecule has 92 valence electrons. The van der Waals surface area contributed by atoms with Crippen molar-refractivity contribution in [3.05, 3.63) is 33.9 Å². The fourth-order valence-electron chi connectivity index (χ4n) is 1.28. The van der Waals surface area contributed by atoms with Crippen LogP contribution in [-0.2, 0) is 4.79 Å². The zero-order valence-corrected chi connectivity index (χ0v) is 10.3. The van der Waals surface area contributed by atoms with Crippen LogP contribution in [0.15, 0.2) is 18.2 Å². The van der Waals surface area contributed by atoms with E-state index in [9.17, 15) is 14.9 Å². The van der Waals surface area contributed by atoms with Gasteiger partial charge in [-0.15, -0.1) is 11.6 Å². The number of carbonyl (C=O) groups is 1. The minimum atomic E-state index is -0.476. The molecule has 0 fully saturated rings. The highest BCUT2D eigenvalue weighted by molar-refractivity contribution is 6.19. The number of nitro groups is 1. The van der Waals surface area contributed by atoms with Gasteiger partial charge in [-0.2, -0.15) is 0 Å². The number of amides is 1. The molecule has 6 heteroatoms. The third kappa shape index (κ3) is 3.17. The van der Waals surface area contributed by atoms with Gasteiger partial charge in [-0.3, -0.25) is 14.9 Å². The molecule has 0 bridgehead atoms. The molecule has 0 aliphatic rings. The molecule has 1 N–H and O–H groups in total. The average Bonchev–Trinajstić information content (AvgIpc) is 2.30. The molecule has 0 radical (unpaired) electrons. The molecule has 1 aromatic rings. The number of halogens is 1. The molecule has 0 aromatic heterocycles. The van der Waals surface area contributed by atoms with Crippen molar-refractivity contribution in [3.63, 3.8) is 0 Å². The Labute approximate surface area is 104 Å². The van der Waals surface area contributed by atoms with Gasteiger partial charge in [-0.25, -0.2) is 0 Å². The van der Waals surface area contributed by atoms with Gasteiger partial charge in [0.05, 0.1) is 16.2 Å². The van der Waals surface area contributed by atoms with E-state index in [0.29, 0.717) is 11.3 Å². The number of benzene rings is 1. The molecule has 0 heterocycles. The summed E-state index contributed by atoms with van der Waals surface area (Å²) in [6.45, 7) is 3.29. The zero-order valence-electron chi connectivity index (χ0n) is 9.57.